The number of hydrogen-bond donors (Lipinski definition) is 0. The van der Waals surface area contributed by atoms with Crippen molar-refractivity contribution < 1.29 is 28.5 Å². The Balaban J connectivity index is 1.82. The SMILES string of the molecule is COc1cc2c(cc1OC)SC(C(=O)CCC(=O)OC(C)(C)CCOC(C)(C)C)C2. The summed E-state index contributed by atoms with van der Waals surface area (Å²) in [5, 5.41) is -0.196. The average Bonchev–Trinajstić information content (AvgIpc) is 3.06. The van der Waals surface area contributed by atoms with Crippen molar-refractivity contribution in [3.63, 3.8) is 0 Å². The molecule has 0 radical (unpaired) electrons. The summed E-state index contributed by atoms with van der Waals surface area (Å²) in [6, 6.07) is 3.83. The Morgan fingerprint density at radius 2 is 1.67 bits per heavy atom. The van der Waals surface area contributed by atoms with Crippen LogP contribution in [0.3, 0.4) is 0 Å². The van der Waals surface area contributed by atoms with Crippen molar-refractivity contribution in [2.75, 3.05) is 20.8 Å². The van der Waals surface area contributed by atoms with E-state index in [9.17, 15) is 9.59 Å². The molecule has 0 spiro atoms. The van der Waals surface area contributed by atoms with Crippen LogP contribution < -0.4 is 9.47 Å². The molecule has 1 aliphatic heterocycles. The molecule has 0 fully saturated rings. The largest absolute Gasteiger partial charge is 0.493 e. The van der Waals surface area contributed by atoms with E-state index in [-0.39, 0.29) is 35.4 Å². The van der Waals surface area contributed by atoms with Gasteiger partial charge in [0.1, 0.15) is 11.4 Å². The molecule has 0 amide bonds. The maximum Gasteiger partial charge on any atom is 0.306 e. The molecule has 6 nitrogen and oxygen atoms in total. The maximum atomic E-state index is 12.7. The number of fused-ring (bicyclic) bond motifs is 1. The number of ether oxygens (including phenoxy) is 4. The van der Waals surface area contributed by atoms with Crippen molar-refractivity contribution in [1.29, 1.82) is 0 Å². The second kappa shape index (κ2) is 10.1. The van der Waals surface area contributed by atoms with Gasteiger partial charge < -0.3 is 18.9 Å². The van der Waals surface area contributed by atoms with Gasteiger partial charge >= 0.3 is 5.97 Å². The summed E-state index contributed by atoms with van der Waals surface area (Å²) >= 11 is 1.52. The number of ketones is 1. The lowest BCUT2D eigenvalue weighted by Gasteiger charge is -2.27. The molecular weight excluding hydrogens is 404 g/mol. The molecule has 2 rings (SSSR count). The van der Waals surface area contributed by atoms with Crippen LogP contribution in [0.15, 0.2) is 17.0 Å². The summed E-state index contributed by atoms with van der Waals surface area (Å²) in [5.41, 5.74) is 0.215. The van der Waals surface area contributed by atoms with Crippen LogP contribution in [0.2, 0.25) is 0 Å². The number of carbonyl (C=O) groups is 2. The smallest absolute Gasteiger partial charge is 0.306 e. The van der Waals surface area contributed by atoms with E-state index in [1.165, 1.54) is 11.8 Å². The van der Waals surface area contributed by atoms with Crippen molar-refractivity contribution in [3.05, 3.63) is 17.7 Å². The van der Waals surface area contributed by atoms with E-state index in [4.69, 9.17) is 18.9 Å². The fraction of sp³-hybridized carbons (Fsp3) is 0.652. The molecule has 0 N–H and O–H groups in total. The zero-order valence-corrected chi connectivity index (χ0v) is 19.9. The molecule has 30 heavy (non-hydrogen) atoms. The highest BCUT2D eigenvalue weighted by Gasteiger charge is 2.31. The Bertz CT molecular complexity index is 733. The molecule has 1 aromatic carbocycles. The molecule has 1 aromatic rings. The Kier molecular flexibility index (Phi) is 8.22. The standard InChI is InChI=1S/C23H34O6S/c1-22(2,3)28-11-10-23(4,5)29-21(25)9-8-16(24)20-13-15-12-17(26-6)18(27-7)14-19(15)30-20/h12,14,20H,8-11,13H2,1-7H3. The summed E-state index contributed by atoms with van der Waals surface area (Å²) in [6.07, 6.45) is 1.49. The molecule has 7 heteroatoms. The van der Waals surface area contributed by atoms with Crippen LogP contribution in [-0.2, 0) is 25.5 Å². The molecule has 0 bridgehead atoms. The van der Waals surface area contributed by atoms with Crippen molar-refractivity contribution in [3.8, 4) is 11.5 Å². The summed E-state index contributed by atoms with van der Waals surface area (Å²) in [6.45, 7) is 10.2. The highest BCUT2D eigenvalue weighted by atomic mass is 32.2. The van der Waals surface area contributed by atoms with E-state index >= 15 is 0 Å². The first-order chi connectivity index (χ1) is 13.9. The first-order valence-corrected chi connectivity index (χ1v) is 11.1. The van der Waals surface area contributed by atoms with Gasteiger partial charge in [0.15, 0.2) is 11.5 Å². The molecular formula is C23H34O6S. The van der Waals surface area contributed by atoms with Crippen molar-refractivity contribution in [2.24, 2.45) is 0 Å². The minimum atomic E-state index is -0.628. The summed E-state index contributed by atoms with van der Waals surface area (Å²) < 4.78 is 22.0. The first-order valence-electron chi connectivity index (χ1n) is 10.2. The van der Waals surface area contributed by atoms with Gasteiger partial charge in [-0.25, -0.2) is 0 Å². The number of esters is 1. The maximum absolute atomic E-state index is 12.7. The van der Waals surface area contributed by atoms with Crippen LogP contribution in [0, 0.1) is 0 Å². The van der Waals surface area contributed by atoms with Crippen LogP contribution >= 0.6 is 11.8 Å². The molecule has 0 aliphatic carbocycles. The highest BCUT2D eigenvalue weighted by Crippen LogP contribution is 2.43. The second-order valence-corrected chi connectivity index (χ2v) is 10.3. The predicted octanol–water partition coefficient (Wildman–Crippen LogP) is 4.60. The third-order valence-corrected chi connectivity index (χ3v) is 6.15. The first kappa shape index (κ1) is 24.5. The van der Waals surface area contributed by atoms with Gasteiger partial charge in [0, 0.05) is 17.7 Å². The van der Waals surface area contributed by atoms with E-state index in [1.54, 1.807) is 14.2 Å². The van der Waals surface area contributed by atoms with Crippen molar-refractivity contribution in [2.45, 2.75) is 81.6 Å². The van der Waals surface area contributed by atoms with Crippen LogP contribution in [0.4, 0.5) is 0 Å². The van der Waals surface area contributed by atoms with Crippen LogP contribution in [-0.4, -0.2) is 49.0 Å². The molecule has 1 unspecified atom stereocenters. The second-order valence-electron chi connectivity index (χ2n) is 9.04. The third kappa shape index (κ3) is 7.20. The molecule has 0 aromatic heterocycles. The van der Waals surface area contributed by atoms with E-state index in [0.29, 0.717) is 30.9 Å². The summed E-state index contributed by atoms with van der Waals surface area (Å²) in [5.74, 6) is 1.01. The van der Waals surface area contributed by atoms with Gasteiger partial charge in [-0.3, -0.25) is 9.59 Å². The zero-order chi connectivity index (χ0) is 22.5. The number of methoxy groups -OCH3 is 2. The normalized spacial score (nSPS) is 16.2. The lowest BCUT2D eigenvalue weighted by molar-refractivity contribution is -0.159. The van der Waals surface area contributed by atoms with Crippen LogP contribution in [0.5, 0.6) is 11.5 Å². The average molecular weight is 439 g/mol. The third-order valence-electron chi connectivity index (χ3n) is 4.81. The summed E-state index contributed by atoms with van der Waals surface area (Å²) in [4.78, 5) is 26.0. The van der Waals surface area contributed by atoms with E-state index < -0.39 is 5.60 Å². The van der Waals surface area contributed by atoms with Gasteiger partial charge in [0.05, 0.1) is 38.1 Å². The predicted molar refractivity (Wildman–Crippen MR) is 118 cm³/mol. The summed E-state index contributed by atoms with van der Waals surface area (Å²) in [7, 11) is 3.19. The fourth-order valence-corrected chi connectivity index (χ4v) is 4.43. The number of thioether (sulfide) groups is 1. The molecule has 1 heterocycles. The Morgan fingerprint density at radius 1 is 1.03 bits per heavy atom. The lowest BCUT2D eigenvalue weighted by Crippen LogP contribution is -2.32. The Hall–Kier alpha value is -1.73. The van der Waals surface area contributed by atoms with Gasteiger partial charge in [-0.2, -0.15) is 0 Å². The number of benzene rings is 1. The quantitative estimate of drug-likeness (QED) is 0.495. The van der Waals surface area contributed by atoms with Crippen molar-refractivity contribution >= 4 is 23.5 Å². The van der Waals surface area contributed by atoms with Crippen LogP contribution in [0.25, 0.3) is 0 Å². The van der Waals surface area contributed by atoms with Gasteiger partial charge in [0.25, 0.3) is 0 Å². The van der Waals surface area contributed by atoms with Gasteiger partial charge in [-0.1, -0.05) is 0 Å². The van der Waals surface area contributed by atoms with E-state index in [1.807, 2.05) is 46.8 Å². The zero-order valence-electron chi connectivity index (χ0n) is 19.1. The van der Waals surface area contributed by atoms with Gasteiger partial charge in [-0.05, 0) is 58.7 Å². The number of rotatable bonds is 10. The Morgan fingerprint density at radius 3 is 2.27 bits per heavy atom. The van der Waals surface area contributed by atoms with Gasteiger partial charge in [-0.15, -0.1) is 11.8 Å². The fourth-order valence-electron chi connectivity index (χ4n) is 3.15. The molecule has 0 saturated carbocycles. The Labute approximate surface area is 184 Å². The van der Waals surface area contributed by atoms with Gasteiger partial charge in [0.2, 0.25) is 0 Å². The minimum absolute atomic E-state index is 0.0555. The molecule has 1 aliphatic rings. The molecule has 168 valence electrons. The topological polar surface area (TPSA) is 71.1 Å². The lowest BCUT2D eigenvalue weighted by atomic mass is 10.0. The van der Waals surface area contributed by atoms with E-state index in [2.05, 4.69) is 0 Å². The molecule has 1 atom stereocenters. The molecule has 0 saturated heterocycles. The number of Topliss-reactive ketones (excluding diaryl/α,β-unsaturated/α-hetero) is 1. The van der Waals surface area contributed by atoms with E-state index in [0.717, 1.165) is 10.5 Å². The highest BCUT2D eigenvalue weighted by molar-refractivity contribution is 8.01. The number of hydrogen-bond acceptors (Lipinski definition) is 7. The monoisotopic (exact) mass is 438 g/mol. The number of carbonyl (C=O) groups excluding carboxylic acids is 2. The minimum Gasteiger partial charge on any atom is -0.493 e. The van der Waals surface area contributed by atoms with Crippen molar-refractivity contribution in [1.82, 2.24) is 0 Å². The van der Waals surface area contributed by atoms with Crippen LogP contribution in [0.1, 0.15) is 59.4 Å².